The Kier molecular flexibility index (Phi) is 3.89. The second-order valence-corrected chi connectivity index (χ2v) is 11.9. The molecule has 0 aliphatic heterocycles. The molecular formula is C11H9HgN6O2S-. The topological polar surface area (TPSA) is 119 Å². The van der Waals surface area contributed by atoms with E-state index in [1.165, 1.54) is 0 Å². The van der Waals surface area contributed by atoms with E-state index in [2.05, 4.69) is 17.3 Å². The third kappa shape index (κ3) is 2.90. The Bertz CT molecular complexity index is 844. The minimum atomic E-state index is -1.75. The quantitative estimate of drug-likeness (QED) is 0.284. The van der Waals surface area contributed by atoms with Crippen LogP contribution in [0.3, 0.4) is 0 Å². The number of fused-ring (bicyclic) bond motifs is 1. The fourth-order valence-electron chi connectivity index (χ4n) is 2.06. The van der Waals surface area contributed by atoms with Crippen molar-refractivity contribution in [2.24, 2.45) is 0 Å². The molecule has 4 N–H and O–H groups in total. The molecule has 0 saturated carbocycles. The summed E-state index contributed by atoms with van der Waals surface area (Å²) in [6, 6.07) is 6.83. The number of nitrogens with zero attached hydrogens (tertiary/aromatic N) is 4. The van der Waals surface area contributed by atoms with Gasteiger partial charge in [0.25, 0.3) is 0 Å². The molecule has 104 valence electrons. The molecule has 3 rings (SSSR count). The van der Waals surface area contributed by atoms with Gasteiger partial charge in [-0.25, -0.2) is 0 Å². The number of imidazole rings is 1. The summed E-state index contributed by atoms with van der Waals surface area (Å²) in [5.41, 5.74) is 7.23. The molecule has 1 aromatic carbocycles. The van der Waals surface area contributed by atoms with E-state index in [0.717, 1.165) is 8.59 Å². The molecule has 0 radical (unpaired) electrons. The predicted octanol–water partition coefficient (Wildman–Crippen LogP) is 0.936. The molecule has 0 bridgehead atoms. The summed E-state index contributed by atoms with van der Waals surface area (Å²) in [5.74, 6) is 0.247. The zero-order valence-corrected chi connectivity index (χ0v) is 17.0. The van der Waals surface area contributed by atoms with Crippen LogP contribution in [0.1, 0.15) is 0 Å². The predicted molar refractivity (Wildman–Crippen MR) is 76.2 cm³/mol. The molecule has 0 aliphatic rings. The summed E-state index contributed by atoms with van der Waals surface area (Å²) in [4.78, 5) is 11.2. The van der Waals surface area contributed by atoms with Crippen molar-refractivity contribution in [3.8, 4) is 0 Å². The van der Waals surface area contributed by atoms with Gasteiger partial charge in [0.1, 0.15) is 0 Å². The Morgan fingerprint density at radius 1 is 1.38 bits per heavy atom. The zero-order valence-electron chi connectivity index (χ0n) is 10.7. The van der Waals surface area contributed by atoms with Crippen molar-refractivity contribution in [1.82, 2.24) is 17.3 Å². The average Bonchev–Trinajstić information content (AvgIpc) is 2.82. The molecule has 10 heteroatoms. The summed E-state index contributed by atoms with van der Waals surface area (Å²) >= 11 is 3.49. The van der Waals surface area contributed by atoms with Gasteiger partial charge in [0.15, 0.2) is 0 Å². The number of rotatable bonds is 3. The van der Waals surface area contributed by atoms with Crippen LogP contribution in [0.5, 0.6) is 0 Å². The number of aromatic nitrogens is 4. The van der Waals surface area contributed by atoms with E-state index >= 15 is 0 Å². The van der Waals surface area contributed by atoms with E-state index in [9.17, 15) is 5.21 Å². The molecule has 3 aromatic rings. The fraction of sp³-hybridized carbons (Fsp3) is 0. The maximum absolute atomic E-state index is 10.8. The van der Waals surface area contributed by atoms with Crippen molar-refractivity contribution in [3.05, 3.63) is 40.4 Å². The molecular weight excluding hydrogens is 481 g/mol. The van der Waals surface area contributed by atoms with Crippen LogP contribution in [0, 0.1) is 9.85 Å². The molecule has 0 saturated heterocycles. The number of benzene rings is 1. The molecule has 0 atom stereocenters. The molecule has 2 aromatic heterocycles. The first kappa shape index (κ1) is 14.4. The van der Waals surface area contributed by atoms with E-state index in [0.29, 0.717) is 10.3 Å². The van der Waals surface area contributed by atoms with Crippen LogP contribution in [0.4, 0.5) is 11.6 Å². The van der Waals surface area contributed by atoms with E-state index < -0.39 is 24.9 Å². The molecule has 0 unspecified atom stereocenters. The Hall–Kier alpha value is -1.55. The Morgan fingerprint density at radius 3 is 2.76 bits per heavy atom. The van der Waals surface area contributed by atoms with Crippen molar-refractivity contribution in [1.29, 1.82) is 0 Å². The standard InChI is InChI=1S/C6H5NO2.C5H5N5S.Hg/c8-7(9)6-4-2-1-3-5-6;6-5-9-3-2(4(11)10-5)7-1-8-3;/h2-5,8H;1H,(H4,6,7,8,9,10,11);/q-1;;+1/p-1. The van der Waals surface area contributed by atoms with E-state index in [-0.39, 0.29) is 16.9 Å². The number of aromatic amines is 1. The number of nitrogens with two attached hydrogens (primary N) is 1. The van der Waals surface area contributed by atoms with Gasteiger partial charge in [-0.3, -0.25) is 0 Å². The van der Waals surface area contributed by atoms with Gasteiger partial charge in [-0.1, -0.05) is 0 Å². The Balaban J connectivity index is 1.97. The molecule has 0 spiro atoms. The van der Waals surface area contributed by atoms with E-state index in [4.69, 9.17) is 23.2 Å². The third-order valence-corrected chi connectivity index (χ3v) is 9.74. The summed E-state index contributed by atoms with van der Waals surface area (Å²) in [5, 5.41) is 19.4. The molecule has 0 amide bonds. The van der Waals surface area contributed by atoms with Gasteiger partial charge >= 0.3 is 137 Å². The zero-order chi connectivity index (χ0) is 15.0. The first-order chi connectivity index (χ1) is 10.0. The molecule has 8 nitrogen and oxygen atoms in total. The van der Waals surface area contributed by atoms with Crippen LogP contribution in [-0.2, 0) is 24.9 Å². The molecule has 0 aliphatic carbocycles. The third-order valence-electron chi connectivity index (χ3n) is 3.02. The van der Waals surface area contributed by atoms with E-state index in [1.54, 1.807) is 18.5 Å². The Labute approximate surface area is 136 Å². The van der Waals surface area contributed by atoms with Gasteiger partial charge in [-0.2, -0.15) is 0 Å². The van der Waals surface area contributed by atoms with E-state index in [1.807, 2.05) is 12.1 Å². The van der Waals surface area contributed by atoms with Crippen LogP contribution in [0.15, 0.2) is 30.6 Å². The van der Waals surface area contributed by atoms with Crippen molar-refractivity contribution in [2.45, 2.75) is 0 Å². The van der Waals surface area contributed by atoms with Crippen molar-refractivity contribution in [2.75, 3.05) is 11.0 Å². The maximum atomic E-state index is 10.8. The molecule has 0 fully saturated rings. The first-order valence-electron chi connectivity index (χ1n) is 6.00. The summed E-state index contributed by atoms with van der Waals surface area (Å²) in [7, 11) is 0. The number of nitrogen functional groups attached to an aromatic ring is 1. The second-order valence-electron chi connectivity index (χ2n) is 4.44. The van der Waals surface area contributed by atoms with Crippen LogP contribution in [-0.4, -0.2) is 22.5 Å². The van der Waals surface area contributed by atoms with Crippen LogP contribution < -0.4 is 14.0 Å². The number of H-pyrrole nitrogens is 1. The normalized spacial score (nSPS) is 10.6. The van der Waals surface area contributed by atoms with Gasteiger partial charge in [0.2, 0.25) is 0 Å². The van der Waals surface area contributed by atoms with Crippen molar-refractivity contribution >= 4 is 38.1 Å². The summed E-state index contributed by atoms with van der Waals surface area (Å²) in [6.45, 7) is 0. The number of hydrogen-bond acceptors (Lipinski definition) is 7. The van der Waals surface area contributed by atoms with Gasteiger partial charge in [0.05, 0.1) is 0 Å². The minimum absolute atomic E-state index is 0.156. The van der Waals surface area contributed by atoms with Gasteiger partial charge in [-0.05, 0) is 0 Å². The van der Waals surface area contributed by atoms with Crippen molar-refractivity contribution < 1.29 is 30.1 Å². The summed E-state index contributed by atoms with van der Waals surface area (Å²) < 4.78 is 3.63. The summed E-state index contributed by atoms with van der Waals surface area (Å²) in [6.07, 6.45) is 1.74. The van der Waals surface area contributed by atoms with Gasteiger partial charge in [-0.15, -0.1) is 0 Å². The van der Waals surface area contributed by atoms with Crippen LogP contribution in [0.2, 0.25) is 0 Å². The van der Waals surface area contributed by atoms with Crippen molar-refractivity contribution in [3.63, 3.8) is 0 Å². The van der Waals surface area contributed by atoms with Crippen LogP contribution >= 0.6 is 12.2 Å². The number of nitrogens with one attached hydrogen (secondary N) is 1. The second kappa shape index (κ2) is 5.68. The van der Waals surface area contributed by atoms with Crippen LogP contribution in [0.25, 0.3) is 11.2 Å². The SMILES string of the molecule is Nc1nc(=S)c2c(nc[n]2[Hg][c]2ccc(N([O-])O)cc2)[nH]1. The Morgan fingerprint density at radius 2 is 2.10 bits per heavy atom. The average molecular weight is 490 g/mol. The van der Waals surface area contributed by atoms with Gasteiger partial charge < -0.3 is 0 Å². The number of anilines is 2. The fourth-order valence-corrected chi connectivity index (χ4v) is 8.49. The molecule has 21 heavy (non-hydrogen) atoms. The number of hydrogen-bond donors (Lipinski definition) is 3. The first-order valence-corrected chi connectivity index (χ1v) is 11.6. The monoisotopic (exact) mass is 491 g/mol. The van der Waals surface area contributed by atoms with Gasteiger partial charge in [0, 0.05) is 0 Å². The molecule has 2 heterocycles.